The average Bonchev–Trinajstić information content (AvgIpc) is 2.48. The first-order chi connectivity index (χ1) is 10.0. The summed E-state index contributed by atoms with van der Waals surface area (Å²) in [4.78, 5) is 19.0. The SMILES string of the molecule is COc1nc2cc([N+](=O)[O-])c(C)c(CC#N)c2nc1OC. The Labute approximate surface area is 120 Å². The van der Waals surface area contributed by atoms with Crippen LogP contribution >= 0.6 is 0 Å². The van der Waals surface area contributed by atoms with Gasteiger partial charge in [0.2, 0.25) is 0 Å². The first kappa shape index (κ1) is 14.5. The van der Waals surface area contributed by atoms with Gasteiger partial charge in [-0.1, -0.05) is 0 Å². The van der Waals surface area contributed by atoms with E-state index in [2.05, 4.69) is 9.97 Å². The van der Waals surface area contributed by atoms with Gasteiger partial charge in [-0.25, -0.2) is 9.97 Å². The summed E-state index contributed by atoms with van der Waals surface area (Å²) < 4.78 is 10.1. The largest absolute Gasteiger partial charge is 0.477 e. The molecule has 0 aliphatic heterocycles. The lowest BCUT2D eigenvalue weighted by Crippen LogP contribution is -2.03. The fourth-order valence-corrected chi connectivity index (χ4v) is 2.06. The molecular formula is C13H12N4O4. The Kier molecular flexibility index (Phi) is 3.84. The van der Waals surface area contributed by atoms with E-state index >= 15 is 0 Å². The molecule has 0 fully saturated rings. The number of hydrogen-bond donors (Lipinski definition) is 0. The monoisotopic (exact) mass is 288 g/mol. The van der Waals surface area contributed by atoms with Gasteiger partial charge in [-0.05, 0) is 6.92 Å². The second-order valence-corrected chi connectivity index (χ2v) is 4.20. The van der Waals surface area contributed by atoms with Crippen LogP contribution in [0.15, 0.2) is 6.07 Å². The summed E-state index contributed by atoms with van der Waals surface area (Å²) in [5.41, 5.74) is 1.45. The lowest BCUT2D eigenvalue weighted by molar-refractivity contribution is -0.385. The number of methoxy groups -OCH3 is 2. The van der Waals surface area contributed by atoms with Gasteiger partial charge in [-0.3, -0.25) is 10.1 Å². The Morgan fingerprint density at radius 1 is 1.33 bits per heavy atom. The molecule has 1 aromatic heterocycles. The highest BCUT2D eigenvalue weighted by molar-refractivity contribution is 5.84. The summed E-state index contributed by atoms with van der Waals surface area (Å²) in [7, 11) is 2.82. The highest BCUT2D eigenvalue weighted by atomic mass is 16.6. The highest BCUT2D eigenvalue weighted by Gasteiger charge is 2.21. The summed E-state index contributed by atoms with van der Waals surface area (Å²) in [6.45, 7) is 1.59. The molecule has 1 aromatic carbocycles. The number of hydrogen-bond acceptors (Lipinski definition) is 7. The van der Waals surface area contributed by atoms with Gasteiger partial charge in [-0.15, -0.1) is 0 Å². The van der Waals surface area contributed by atoms with Crippen molar-refractivity contribution in [2.24, 2.45) is 0 Å². The van der Waals surface area contributed by atoms with Crippen LogP contribution in [0.25, 0.3) is 11.0 Å². The maximum atomic E-state index is 11.1. The van der Waals surface area contributed by atoms with Gasteiger partial charge < -0.3 is 9.47 Å². The second-order valence-electron chi connectivity index (χ2n) is 4.20. The van der Waals surface area contributed by atoms with Crippen LogP contribution in [0.1, 0.15) is 11.1 Å². The molecule has 21 heavy (non-hydrogen) atoms. The molecule has 0 atom stereocenters. The molecule has 0 saturated carbocycles. The van der Waals surface area contributed by atoms with Crippen LogP contribution in [-0.2, 0) is 6.42 Å². The van der Waals surface area contributed by atoms with Crippen molar-refractivity contribution < 1.29 is 14.4 Å². The number of rotatable bonds is 4. The molecular weight excluding hydrogens is 276 g/mol. The van der Waals surface area contributed by atoms with E-state index in [9.17, 15) is 10.1 Å². The molecule has 8 heteroatoms. The number of benzene rings is 1. The van der Waals surface area contributed by atoms with Crippen molar-refractivity contribution in [2.45, 2.75) is 13.3 Å². The van der Waals surface area contributed by atoms with Crippen molar-refractivity contribution in [3.8, 4) is 17.8 Å². The predicted molar refractivity (Wildman–Crippen MR) is 73.4 cm³/mol. The Morgan fingerprint density at radius 3 is 2.48 bits per heavy atom. The molecule has 0 saturated heterocycles. The zero-order valence-electron chi connectivity index (χ0n) is 11.7. The maximum absolute atomic E-state index is 11.1. The average molecular weight is 288 g/mol. The number of nitro groups is 1. The number of nitriles is 1. The van der Waals surface area contributed by atoms with Crippen molar-refractivity contribution in [1.82, 2.24) is 9.97 Å². The highest BCUT2D eigenvalue weighted by Crippen LogP contribution is 2.32. The minimum Gasteiger partial charge on any atom is -0.477 e. The summed E-state index contributed by atoms with van der Waals surface area (Å²) >= 11 is 0. The maximum Gasteiger partial charge on any atom is 0.278 e. The zero-order valence-corrected chi connectivity index (χ0v) is 11.7. The lowest BCUT2D eigenvalue weighted by Gasteiger charge is -2.10. The standard InChI is InChI=1S/C13H12N4O4/c1-7-8(4-5-14)11-9(6-10(7)17(18)19)15-12(20-2)13(16-11)21-3/h6H,4H2,1-3H3. The van der Waals surface area contributed by atoms with Gasteiger partial charge in [0, 0.05) is 17.2 Å². The minimum absolute atomic E-state index is 0.00578. The molecule has 0 amide bonds. The van der Waals surface area contributed by atoms with Crippen LogP contribution < -0.4 is 9.47 Å². The molecule has 0 radical (unpaired) electrons. The van der Waals surface area contributed by atoms with Crippen LogP contribution in [0.5, 0.6) is 11.8 Å². The van der Waals surface area contributed by atoms with Crippen LogP contribution in [0.2, 0.25) is 0 Å². The molecule has 108 valence electrons. The summed E-state index contributed by atoms with van der Waals surface area (Å²) in [6.07, 6.45) is -0.00578. The zero-order chi connectivity index (χ0) is 15.6. The van der Waals surface area contributed by atoms with Crippen molar-refractivity contribution in [2.75, 3.05) is 14.2 Å². The van der Waals surface area contributed by atoms with E-state index in [0.717, 1.165) is 0 Å². The van der Waals surface area contributed by atoms with E-state index in [-0.39, 0.29) is 29.4 Å². The predicted octanol–water partition coefficient (Wildman–Crippen LogP) is 1.93. The smallest absolute Gasteiger partial charge is 0.278 e. The third-order valence-corrected chi connectivity index (χ3v) is 3.10. The minimum atomic E-state index is -0.506. The van der Waals surface area contributed by atoms with Crippen LogP contribution in [0.3, 0.4) is 0 Å². The van der Waals surface area contributed by atoms with Gasteiger partial charge in [0.25, 0.3) is 17.4 Å². The fraction of sp³-hybridized carbons (Fsp3) is 0.308. The third kappa shape index (κ3) is 2.41. The number of ether oxygens (including phenoxy) is 2. The molecule has 0 N–H and O–H groups in total. The molecule has 2 aromatic rings. The topological polar surface area (TPSA) is 111 Å². The van der Waals surface area contributed by atoms with Crippen molar-refractivity contribution in [1.29, 1.82) is 5.26 Å². The van der Waals surface area contributed by atoms with Crippen molar-refractivity contribution >= 4 is 16.7 Å². The fourth-order valence-electron chi connectivity index (χ4n) is 2.06. The molecule has 0 aliphatic rings. The quantitative estimate of drug-likeness (QED) is 0.624. The van der Waals surface area contributed by atoms with E-state index in [0.29, 0.717) is 16.6 Å². The van der Waals surface area contributed by atoms with Crippen LogP contribution in [-0.4, -0.2) is 29.1 Å². The van der Waals surface area contributed by atoms with Gasteiger partial charge in [0.05, 0.1) is 37.1 Å². The van der Waals surface area contributed by atoms with E-state index in [1.165, 1.54) is 20.3 Å². The van der Waals surface area contributed by atoms with Gasteiger partial charge in [0.15, 0.2) is 0 Å². The lowest BCUT2D eigenvalue weighted by atomic mass is 10.0. The van der Waals surface area contributed by atoms with Gasteiger partial charge >= 0.3 is 0 Å². The van der Waals surface area contributed by atoms with Crippen LogP contribution in [0.4, 0.5) is 5.69 Å². The molecule has 0 unspecified atom stereocenters. The molecule has 0 bridgehead atoms. The summed E-state index contributed by atoms with van der Waals surface area (Å²) in [5, 5.41) is 20.1. The first-order valence-electron chi connectivity index (χ1n) is 5.97. The summed E-state index contributed by atoms with van der Waals surface area (Å²) in [6, 6.07) is 3.31. The van der Waals surface area contributed by atoms with Crippen molar-refractivity contribution in [3.05, 3.63) is 27.3 Å². The van der Waals surface area contributed by atoms with E-state index in [1.54, 1.807) is 6.92 Å². The molecule has 1 heterocycles. The van der Waals surface area contributed by atoms with E-state index in [1.807, 2.05) is 6.07 Å². The Bertz CT molecular complexity index is 767. The Hall–Kier alpha value is -2.95. The van der Waals surface area contributed by atoms with Gasteiger partial charge in [-0.2, -0.15) is 5.26 Å². The van der Waals surface area contributed by atoms with Crippen LogP contribution in [0, 0.1) is 28.4 Å². The normalized spacial score (nSPS) is 10.2. The Morgan fingerprint density at radius 2 is 1.95 bits per heavy atom. The number of fused-ring (bicyclic) bond motifs is 1. The third-order valence-electron chi connectivity index (χ3n) is 3.10. The molecule has 0 aliphatic carbocycles. The molecule has 0 spiro atoms. The van der Waals surface area contributed by atoms with Crippen molar-refractivity contribution in [3.63, 3.8) is 0 Å². The number of aromatic nitrogens is 2. The molecule has 8 nitrogen and oxygen atoms in total. The second kappa shape index (κ2) is 5.58. The summed E-state index contributed by atoms with van der Waals surface area (Å²) in [5.74, 6) is 0.295. The van der Waals surface area contributed by atoms with E-state index in [4.69, 9.17) is 14.7 Å². The van der Waals surface area contributed by atoms with Gasteiger partial charge in [0.1, 0.15) is 5.52 Å². The Balaban J connectivity index is 2.89. The first-order valence-corrected chi connectivity index (χ1v) is 5.97. The number of nitro benzene ring substituents is 1. The number of nitrogens with zero attached hydrogens (tertiary/aromatic N) is 4. The molecule has 2 rings (SSSR count). The van der Waals surface area contributed by atoms with E-state index < -0.39 is 4.92 Å².